The Kier molecular flexibility index (Phi) is 4.83. The third-order valence-corrected chi connectivity index (χ3v) is 3.55. The first-order valence-corrected chi connectivity index (χ1v) is 7.50. The van der Waals surface area contributed by atoms with Crippen LogP contribution in [0, 0.1) is 5.92 Å². The fourth-order valence-corrected chi connectivity index (χ4v) is 2.62. The van der Waals surface area contributed by atoms with E-state index < -0.39 is 5.60 Å². The predicted octanol–water partition coefficient (Wildman–Crippen LogP) is 2.40. The zero-order valence-corrected chi connectivity index (χ0v) is 13.0. The largest absolute Gasteiger partial charge is 0.466 e. The van der Waals surface area contributed by atoms with E-state index in [-0.39, 0.29) is 11.9 Å². The van der Waals surface area contributed by atoms with E-state index in [1.165, 1.54) is 0 Å². The first kappa shape index (κ1) is 15.8. The Morgan fingerprint density at radius 2 is 2.33 bits per heavy atom. The summed E-state index contributed by atoms with van der Waals surface area (Å²) in [7, 11) is 0. The lowest BCUT2D eigenvalue weighted by Crippen LogP contribution is -2.26. The van der Waals surface area contributed by atoms with Crippen molar-refractivity contribution in [3.8, 4) is 0 Å². The van der Waals surface area contributed by atoms with E-state index in [0.717, 1.165) is 24.0 Å². The van der Waals surface area contributed by atoms with Gasteiger partial charge in [0.2, 0.25) is 0 Å². The molecular formula is C16H24N2O3. The summed E-state index contributed by atoms with van der Waals surface area (Å²) >= 11 is 0. The van der Waals surface area contributed by atoms with Crippen molar-refractivity contribution in [2.75, 3.05) is 6.61 Å². The van der Waals surface area contributed by atoms with Crippen molar-refractivity contribution in [2.24, 2.45) is 5.92 Å². The number of aliphatic hydroxyl groups is 1. The van der Waals surface area contributed by atoms with E-state index in [1.807, 2.05) is 13.1 Å². The lowest BCUT2D eigenvalue weighted by atomic mass is 9.86. The molecule has 0 amide bonds. The molecule has 0 unspecified atom stereocenters. The number of aromatic nitrogens is 2. The number of allylic oxidation sites excluding steroid dienone is 2. The summed E-state index contributed by atoms with van der Waals surface area (Å²) in [4.78, 5) is 11.9. The Hall–Kier alpha value is -1.62. The summed E-state index contributed by atoms with van der Waals surface area (Å²) in [5.41, 5.74) is 1.37. The van der Waals surface area contributed by atoms with Gasteiger partial charge in [0.1, 0.15) is 0 Å². The first-order chi connectivity index (χ1) is 9.89. The minimum atomic E-state index is -0.794. The van der Waals surface area contributed by atoms with Gasteiger partial charge in [0, 0.05) is 11.8 Å². The highest BCUT2D eigenvalue weighted by atomic mass is 16.5. The molecule has 1 aromatic heterocycles. The van der Waals surface area contributed by atoms with Gasteiger partial charge >= 0.3 is 5.97 Å². The maximum Gasteiger partial charge on any atom is 0.309 e. The van der Waals surface area contributed by atoms with Gasteiger partial charge in [0.15, 0.2) is 0 Å². The van der Waals surface area contributed by atoms with Crippen LogP contribution in [0.15, 0.2) is 18.5 Å². The predicted molar refractivity (Wildman–Crippen MR) is 80.5 cm³/mol. The fourth-order valence-electron chi connectivity index (χ4n) is 2.62. The SMILES string of the molecule is CCOC(=O)[C@@H]1CCC=C(c2cnn(CC(C)(C)O)c2)C1. The first-order valence-electron chi connectivity index (χ1n) is 7.50. The molecule has 1 aliphatic rings. The topological polar surface area (TPSA) is 64.3 Å². The molecule has 0 saturated heterocycles. The van der Waals surface area contributed by atoms with Crippen molar-refractivity contribution in [1.29, 1.82) is 0 Å². The maximum absolute atomic E-state index is 11.9. The van der Waals surface area contributed by atoms with E-state index in [4.69, 9.17) is 4.74 Å². The molecule has 1 heterocycles. The van der Waals surface area contributed by atoms with Crippen molar-refractivity contribution in [3.63, 3.8) is 0 Å². The molecule has 21 heavy (non-hydrogen) atoms. The van der Waals surface area contributed by atoms with Crippen LogP contribution in [0.4, 0.5) is 0 Å². The van der Waals surface area contributed by atoms with E-state index in [9.17, 15) is 9.90 Å². The molecular weight excluding hydrogens is 268 g/mol. The van der Waals surface area contributed by atoms with Crippen LogP contribution in [-0.4, -0.2) is 33.1 Å². The number of carbonyl (C=O) groups excluding carboxylic acids is 1. The lowest BCUT2D eigenvalue weighted by Gasteiger charge is -2.20. The molecule has 0 aliphatic heterocycles. The van der Waals surface area contributed by atoms with E-state index >= 15 is 0 Å². The fraction of sp³-hybridized carbons (Fsp3) is 0.625. The van der Waals surface area contributed by atoms with Crippen molar-refractivity contribution >= 4 is 11.5 Å². The number of esters is 1. The van der Waals surface area contributed by atoms with Crippen LogP contribution in [0.3, 0.4) is 0 Å². The van der Waals surface area contributed by atoms with Gasteiger partial charge in [-0.2, -0.15) is 5.10 Å². The molecule has 0 bridgehead atoms. The van der Waals surface area contributed by atoms with Gasteiger partial charge in [0.25, 0.3) is 0 Å². The number of rotatable bonds is 5. The molecule has 1 N–H and O–H groups in total. The quantitative estimate of drug-likeness (QED) is 0.846. The van der Waals surface area contributed by atoms with Gasteiger partial charge in [-0.1, -0.05) is 6.08 Å². The molecule has 0 radical (unpaired) electrons. The zero-order valence-electron chi connectivity index (χ0n) is 13.0. The van der Waals surface area contributed by atoms with Crippen LogP contribution in [0.2, 0.25) is 0 Å². The zero-order chi connectivity index (χ0) is 15.5. The van der Waals surface area contributed by atoms with Gasteiger partial charge in [-0.3, -0.25) is 9.48 Å². The Labute approximate surface area is 125 Å². The summed E-state index contributed by atoms with van der Waals surface area (Å²) in [6, 6.07) is 0. The van der Waals surface area contributed by atoms with E-state index in [0.29, 0.717) is 19.6 Å². The highest BCUT2D eigenvalue weighted by molar-refractivity contribution is 5.77. The molecule has 5 nitrogen and oxygen atoms in total. The molecule has 1 aliphatic carbocycles. The summed E-state index contributed by atoms with van der Waals surface area (Å²) in [5, 5.41) is 14.1. The Balaban J connectivity index is 2.05. The normalized spacial score (nSPS) is 19.2. The van der Waals surface area contributed by atoms with Gasteiger partial charge in [-0.25, -0.2) is 0 Å². The number of hydrogen-bond donors (Lipinski definition) is 1. The molecule has 0 spiro atoms. The third kappa shape index (κ3) is 4.43. The van der Waals surface area contributed by atoms with Gasteiger partial charge in [0.05, 0.1) is 30.9 Å². The second-order valence-electron chi connectivity index (χ2n) is 6.20. The lowest BCUT2D eigenvalue weighted by molar-refractivity contribution is -0.148. The summed E-state index contributed by atoms with van der Waals surface area (Å²) in [6.07, 6.45) is 8.33. The minimum absolute atomic E-state index is 0.0532. The van der Waals surface area contributed by atoms with Gasteiger partial charge < -0.3 is 9.84 Å². The molecule has 116 valence electrons. The molecule has 0 fully saturated rings. The minimum Gasteiger partial charge on any atom is -0.466 e. The number of hydrogen-bond acceptors (Lipinski definition) is 4. The maximum atomic E-state index is 11.9. The van der Waals surface area contributed by atoms with Crippen LogP contribution in [0.1, 0.15) is 45.6 Å². The average molecular weight is 292 g/mol. The highest BCUT2D eigenvalue weighted by Gasteiger charge is 2.25. The Morgan fingerprint density at radius 3 is 3.00 bits per heavy atom. The molecule has 1 aromatic rings. The molecule has 0 aromatic carbocycles. The smallest absolute Gasteiger partial charge is 0.309 e. The van der Waals surface area contributed by atoms with Crippen molar-refractivity contribution < 1.29 is 14.6 Å². The van der Waals surface area contributed by atoms with E-state index in [1.54, 1.807) is 24.7 Å². The van der Waals surface area contributed by atoms with Crippen molar-refractivity contribution in [2.45, 2.75) is 52.2 Å². The Bertz CT molecular complexity index is 526. The van der Waals surface area contributed by atoms with Crippen LogP contribution < -0.4 is 0 Å². The second kappa shape index (κ2) is 6.43. The molecule has 5 heteroatoms. The standard InChI is InChI=1S/C16H24N2O3/c1-4-21-15(19)13-7-5-6-12(8-13)14-9-17-18(10-14)11-16(2,3)20/h6,9-10,13,20H,4-5,7-8,11H2,1-3H3/t13-/m1/s1. The van der Waals surface area contributed by atoms with Crippen LogP contribution in [0.25, 0.3) is 5.57 Å². The molecule has 2 rings (SSSR count). The number of carbonyl (C=O) groups is 1. The second-order valence-corrected chi connectivity index (χ2v) is 6.20. The van der Waals surface area contributed by atoms with Crippen LogP contribution in [0.5, 0.6) is 0 Å². The summed E-state index contributed by atoms with van der Waals surface area (Å²) < 4.78 is 6.86. The van der Waals surface area contributed by atoms with Crippen LogP contribution >= 0.6 is 0 Å². The van der Waals surface area contributed by atoms with Crippen molar-refractivity contribution in [3.05, 3.63) is 24.0 Å². The number of nitrogens with zero attached hydrogens (tertiary/aromatic N) is 2. The van der Waals surface area contributed by atoms with Gasteiger partial charge in [-0.15, -0.1) is 0 Å². The van der Waals surface area contributed by atoms with E-state index in [2.05, 4.69) is 11.2 Å². The summed E-state index contributed by atoms with van der Waals surface area (Å²) in [6.45, 7) is 6.22. The molecule has 0 saturated carbocycles. The molecule has 1 atom stereocenters. The number of ether oxygens (including phenoxy) is 1. The average Bonchev–Trinajstić information content (AvgIpc) is 2.85. The van der Waals surface area contributed by atoms with Crippen LogP contribution in [-0.2, 0) is 16.1 Å². The third-order valence-electron chi connectivity index (χ3n) is 3.55. The Morgan fingerprint density at radius 1 is 1.57 bits per heavy atom. The summed E-state index contributed by atoms with van der Waals surface area (Å²) in [5.74, 6) is -0.158. The highest BCUT2D eigenvalue weighted by Crippen LogP contribution is 2.31. The monoisotopic (exact) mass is 292 g/mol. The van der Waals surface area contributed by atoms with Crippen molar-refractivity contribution in [1.82, 2.24) is 9.78 Å². The van der Waals surface area contributed by atoms with Gasteiger partial charge in [-0.05, 0) is 45.6 Å².